The monoisotopic (exact) mass is 564 g/mol. The van der Waals surface area contributed by atoms with Gasteiger partial charge in [-0.25, -0.2) is 8.78 Å². The SMILES string of the molecule is CCCCOc1ccc(C2CCC(COc3ccc(C4CCC(OCCCC)CC4)c(F)c3F)CC2)c(F)c1F. The number of ether oxygens (including phenoxy) is 3. The van der Waals surface area contributed by atoms with Crippen molar-refractivity contribution in [1.29, 1.82) is 0 Å². The van der Waals surface area contributed by atoms with Gasteiger partial charge in [0.1, 0.15) is 0 Å². The van der Waals surface area contributed by atoms with E-state index in [2.05, 4.69) is 6.92 Å². The van der Waals surface area contributed by atoms with Crippen LogP contribution in [0, 0.1) is 29.2 Å². The maximum Gasteiger partial charge on any atom is 0.200 e. The van der Waals surface area contributed by atoms with E-state index in [4.69, 9.17) is 14.2 Å². The van der Waals surface area contributed by atoms with Gasteiger partial charge in [-0.15, -0.1) is 0 Å². The molecule has 0 unspecified atom stereocenters. The minimum atomic E-state index is -0.925. The molecule has 2 aliphatic carbocycles. The number of hydrogen-bond acceptors (Lipinski definition) is 3. The number of halogens is 4. The van der Waals surface area contributed by atoms with E-state index in [1.54, 1.807) is 18.2 Å². The molecule has 0 aliphatic heterocycles. The zero-order valence-corrected chi connectivity index (χ0v) is 24.0. The van der Waals surface area contributed by atoms with Crippen molar-refractivity contribution in [2.75, 3.05) is 19.8 Å². The van der Waals surface area contributed by atoms with Crippen LogP contribution in [0.1, 0.15) is 114 Å². The first-order valence-electron chi connectivity index (χ1n) is 15.3. The average molecular weight is 565 g/mol. The van der Waals surface area contributed by atoms with E-state index < -0.39 is 23.3 Å². The van der Waals surface area contributed by atoms with Crippen LogP contribution in [0.25, 0.3) is 0 Å². The predicted octanol–water partition coefficient (Wildman–Crippen LogP) is 9.62. The molecule has 0 bridgehead atoms. The van der Waals surface area contributed by atoms with Crippen LogP contribution in [-0.4, -0.2) is 25.9 Å². The molecule has 0 saturated heterocycles. The van der Waals surface area contributed by atoms with Crippen molar-refractivity contribution in [2.45, 2.75) is 109 Å². The summed E-state index contributed by atoms with van der Waals surface area (Å²) in [6, 6.07) is 6.37. The third-order valence-electron chi connectivity index (χ3n) is 8.64. The summed E-state index contributed by atoms with van der Waals surface area (Å²) >= 11 is 0. The lowest BCUT2D eigenvalue weighted by Gasteiger charge is -2.30. The van der Waals surface area contributed by atoms with Crippen molar-refractivity contribution < 1.29 is 31.8 Å². The molecule has 222 valence electrons. The Balaban J connectivity index is 1.26. The summed E-state index contributed by atoms with van der Waals surface area (Å²) in [5, 5.41) is 0. The van der Waals surface area contributed by atoms with Gasteiger partial charge in [-0.3, -0.25) is 0 Å². The van der Waals surface area contributed by atoms with Crippen LogP contribution < -0.4 is 9.47 Å². The molecule has 7 heteroatoms. The van der Waals surface area contributed by atoms with Crippen LogP contribution in [-0.2, 0) is 4.74 Å². The predicted molar refractivity (Wildman–Crippen MR) is 149 cm³/mol. The van der Waals surface area contributed by atoms with Crippen molar-refractivity contribution in [3.63, 3.8) is 0 Å². The Labute approximate surface area is 236 Å². The first-order chi connectivity index (χ1) is 19.4. The van der Waals surface area contributed by atoms with Crippen molar-refractivity contribution in [2.24, 2.45) is 5.92 Å². The Morgan fingerprint density at radius 2 is 1.10 bits per heavy atom. The molecule has 2 aliphatic rings. The molecular formula is C33H44F4O3. The Morgan fingerprint density at radius 1 is 0.600 bits per heavy atom. The first kappa shape index (κ1) is 30.7. The number of benzene rings is 2. The Kier molecular flexibility index (Phi) is 11.6. The fourth-order valence-corrected chi connectivity index (χ4v) is 6.06. The maximum absolute atomic E-state index is 15.0. The third-order valence-corrected chi connectivity index (χ3v) is 8.64. The van der Waals surface area contributed by atoms with Crippen molar-refractivity contribution in [1.82, 2.24) is 0 Å². The van der Waals surface area contributed by atoms with Gasteiger partial charge in [0.05, 0.1) is 19.3 Å². The highest BCUT2D eigenvalue weighted by molar-refractivity contribution is 5.34. The van der Waals surface area contributed by atoms with E-state index in [1.165, 1.54) is 6.07 Å². The lowest BCUT2D eigenvalue weighted by molar-refractivity contribution is 0.0230. The molecule has 2 aromatic carbocycles. The molecule has 4 rings (SSSR count). The molecule has 3 nitrogen and oxygen atoms in total. The fourth-order valence-electron chi connectivity index (χ4n) is 6.06. The molecule has 2 saturated carbocycles. The molecule has 0 heterocycles. The largest absolute Gasteiger partial charge is 0.490 e. The molecule has 0 N–H and O–H groups in total. The quantitative estimate of drug-likeness (QED) is 0.179. The number of hydrogen-bond donors (Lipinski definition) is 0. The molecule has 0 aromatic heterocycles. The fraction of sp³-hybridized carbons (Fsp3) is 0.636. The molecule has 0 atom stereocenters. The second kappa shape index (κ2) is 15.1. The summed E-state index contributed by atoms with van der Waals surface area (Å²) in [6.07, 6.45) is 10.2. The second-order valence-electron chi connectivity index (χ2n) is 11.5. The molecule has 0 radical (unpaired) electrons. The van der Waals surface area contributed by atoms with Gasteiger partial charge in [-0.05, 0) is 105 Å². The lowest BCUT2D eigenvalue weighted by atomic mass is 9.79. The highest BCUT2D eigenvalue weighted by Crippen LogP contribution is 2.40. The van der Waals surface area contributed by atoms with Crippen LogP contribution in [0.3, 0.4) is 0 Å². The number of unbranched alkanes of at least 4 members (excludes halogenated alkanes) is 2. The van der Waals surface area contributed by atoms with Gasteiger partial charge in [0.15, 0.2) is 23.1 Å². The lowest BCUT2D eigenvalue weighted by Crippen LogP contribution is -2.22. The topological polar surface area (TPSA) is 27.7 Å². The Hall–Kier alpha value is -2.28. The maximum atomic E-state index is 15.0. The molecule has 2 fully saturated rings. The van der Waals surface area contributed by atoms with Crippen LogP contribution in [0.5, 0.6) is 11.5 Å². The van der Waals surface area contributed by atoms with E-state index in [-0.39, 0.29) is 42.0 Å². The molecule has 0 amide bonds. The zero-order valence-electron chi connectivity index (χ0n) is 24.0. The summed E-state index contributed by atoms with van der Waals surface area (Å²) in [7, 11) is 0. The van der Waals surface area contributed by atoms with Crippen LogP contribution in [0.2, 0.25) is 0 Å². The molecule has 0 spiro atoms. The van der Waals surface area contributed by atoms with Gasteiger partial charge in [0.2, 0.25) is 11.6 Å². The number of rotatable bonds is 13. The standard InChI is InChI=1S/C33H44F4O3/c1-3-5-19-38-25-13-11-24(12-14-25)27-16-18-29(33(37)31(27)35)40-21-22-7-9-23(10-8-22)26-15-17-28(32(36)30(26)34)39-20-6-4-2/h15-18,22-25H,3-14,19-21H2,1-2H3. The average Bonchev–Trinajstić information content (AvgIpc) is 2.97. The minimum absolute atomic E-state index is 0.00736. The first-order valence-corrected chi connectivity index (χ1v) is 15.3. The zero-order chi connectivity index (χ0) is 28.5. The molecular weight excluding hydrogens is 520 g/mol. The van der Waals surface area contributed by atoms with Crippen molar-refractivity contribution in [3.8, 4) is 11.5 Å². The van der Waals surface area contributed by atoms with E-state index in [0.29, 0.717) is 30.6 Å². The van der Waals surface area contributed by atoms with E-state index >= 15 is 4.39 Å². The van der Waals surface area contributed by atoms with Gasteiger partial charge >= 0.3 is 0 Å². The minimum Gasteiger partial charge on any atom is -0.490 e. The normalized spacial score (nSPS) is 23.2. The highest BCUT2D eigenvalue weighted by atomic mass is 19.2. The highest BCUT2D eigenvalue weighted by Gasteiger charge is 2.29. The Morgan fingerprint density at radius 3 is 1.65 bits per heavy atom. The summed E-state index contributed by atoms with van der Waals surface area (Å²) in [5.41, 5.74) is 0.804. The second-order valence-corrected chi connectivity index (χ2v) is 11.5. The van der Waals surface area contributed by atoms with Gasteiger partial charge in [0.25, 0.3) is 0 Å². The summed E-state index contributed by atoms with van der Waals surface area (Å²) in [5.74, 6) is -3.54. The molecule has 40 heavy (non-hydrogen) atoms. The van der Waals surface area contributed by atoms with Gasteiger partial charge in [0, 0.05) is 6.61 Å². The van der Waals surface area contributed by atoms with Gasteiger partial charge < -0.3 is 14.2 Å². The van der Waals surface area contributed by atoms with Crippen molar-refractivity contribution >= 4 is 0 Å². The van der Waals surface area contributed by atoms with Crippen LogP contribution in [0.15, 0.2) is 24.3 Å². The summed E-state index contributed by atoms with van der Waals surface area (Å²) in [4.78, 5) is 0. The van der Waals surface area contributed by atoms with E-state index in [9.17, 15) is 13.2 Å². The Bertz CT molecular complexity index is 1080. The van der Waals surface area contributed by atoms with E-state index in [0.717, 1.165) is 70.8 Å². The summed E-state index contributed by atoms with van der Waals surface area (Å²) in [6.45, 7) is 5.53. The summed E-state index contributed by atoms with van der Waals surface area (Å²) < 4.78 is 76.3. The van der Waals surface area contributed by atoms with Crippen LogP contribution >= 0.6 is 0 Å². The van der Waals surface area contributed by atoms with Crippen molar-refractivity contribution in [3.05, 3.63) is 58.7 Å². The van der Waals surface area contributed by atoms with Crippen LogP contribution in [0.4, 0.5) is 17.6 Å². The smallest absolute Gasteiger partial charge is 0.200 e. The van der Waals surface area contributed by atoms with Gasteiger partial charge in [-0.1, -0.05) is 38.8 Å². The third kappa shape index (κ3) is 7.71. The van der Waals surface area contributed by atoms with E-state index in [1.807, 2.05) is 6.92 Å². The van der Waals surface area contributed by atoms with Gasteiger partial charge in [-0.2, -0.15) is 8.78 Å². The molecule has 2 aromatic rings.